The van der Waals surface area contributed by atoms with E-state index < -0.39 is 0 Å². The van der Waals surface area contributed by atoms with Crippen molar-refractivity contribution >= 4 is 11.6 Å². The molecule has 16 heavy (non-hydrogen) atoms. The summed E-state index contributed by atoms with van der Waals surface area (Å²) in [6, 6.07) is 9.67. The molecule has 0 aliphatic rings. The van der Waals surface area contributed by atoms with E-state index in [0.717, 1.165) is 11.4 Å². The van der Waals surface area contributed by atoms with Crippen LogP contribution in [-0.2, 0) is 0 Å². The van der Waals surface area contributed by atoms with Crippen LogP contribution in [0, 0.1) is 0 Å². The van der Waals surface area contributed by atoms with E-state index in [4.69, 9.17) is 5.73 Å². The smallest absolute Gasteiger partial charge is 0.290 e. The molecule has 0 saturated carbocycles. The highest BCUT2D eigenvalue weighted by molar-refractivity contribution is 5.87. The lowest BCUT2D eigenvalue weighted by atomic mass is 10.3. The van der Waals surface area contributed by atoms with Gasteiger partial charge < -0.3 is 0 Å². The van der Waals surface area contributed by atoms with Crippen molar-refractivity contribution in [2.75, 3.05) is 5.32 Å². The van der Waals surface area contributed by atoms with Crippen molar-refractivity contribution in [2.45, 2.75) is 0 Å². The first-order chi connectivity index (χ1) is 7.76. The summed E-state index contributed by atoms with van der Waals surface area (Å²) in [6.45, 7) is 7.27. The van der Waals surface area contributed by atoms with Gasteiger partial charge in [-0.1, -0.05) is 37.4 Å². The molecule has 0 spiro atoms. The number of guanidine groups is 1. The molecular formula is C13H16N3+. The van der Waals surface area contributed by atoms with Crippen molar-refractivity contribution in [1.82, 2.24) is 0 Å². The van der Waals surface area contributed by atoms with E-state index in [2.05, 4.69) is 23.5 Å². The van der Waals surface area contributed by atoms with Crippen LogP contribution in [0.4, 0.5) is 5.69 Å². The van der Waals surface area contributed by atoms with Gasteiger partial charge in [0.15, 0.2) is 0 Å². The second kappa shape index (κ2) is 6.24. The number of nitrogens with one attached hydrogen (secondary N) is 2. The fourth-order valence-corrected chi connectivity index (χ4v) is 1.15. The highest BCUT2D eigenvalue weighted by Gasteiger charge is 2.00. The van der Waals surface area contributed by atoms with Crippen molar-refractivity contribution < 1.29 is 4.99 Å². The summed E-state index contributed by atoms with van der Waals surface area (Å²) >= 11 is 0. The number of anilines is 1. The number of allylic oxidation sites excluding steroid dienone is 3. The first kappa shape index (κ1) is 11.8. The molecule has 0 atom stereocenters. The Kier molecular flexibility index (Phi) is 4.60. The Morgan fingerprint density at radius 1 is 1.25 bits per heavy atom. The van der Waals surface area contributed by atoms with Crippen molar-refractivity contribution in [2.24, 2.45) is 5.73 Å². The summed E-state index contributed by atoms with van der Waals surface area (Å²) in [5.74, 6) is 0.444. The molecule has 0 heterocycles. The fourth-order valence-electron chi connectivity index (χ4n) is 1.15. The fraction of sp³-hybridized carbons (Fsp3) is 0. The largest absolute Gasteiger partial charge is 0.350 e. The van der Waals surface area contributed by atoms with Gasteiger partial charge in [-0.25, -0.2) is 10.3 Å². The zero-order chi connectivity index (χ0) is 11.8. The Balaban J connectivity index is 2.75. The maximum atomic E-state index is 5.78. The lowest BCUT2D eigenvalue weighted by Crippen LogP contribution is -2.75. The number of rotatable bonds is 4. The predicted octanol–water partition coefficient (Wildman–Crippen LogP) is 0.750. The Bertz CT molecular complexity index is 416. The Morgan fingerprint density at radius 3 is 2.50 bits per heavy atom. The summed E-state index contributed by atoms with van der Waals surface area (Å²) in [7, 11) is 0. The van der Waals surface area contributed by atoms with Gasteiger partial charge in [0.25, 0.3) is 0 Å². The average molecular weight is 214 g/mol. The number of nitrogens with two attached hydrogens (primary N) is 1. The zero-order valence-electron chi connectivity index (χ0n) is 9.11. The second-order valence-electron chi connectivity index (χ2n) is 3.09. The van der Waals surface area contributed by atoms with Crippen LogP contribution in [0.2, 0.25) is 0 Å². The van der Waals surface area contributed by atoms with Crippen LogP contribution in [0.15, 0.2) is 67.4 Å². The molecule has 0 radical (unpaired) electrons. The van der Waals surface area contributed by atoms with Gasteiger partial charge >= 0.3 is 5.96 Å². The van der Waals surface area contributed by atoms with Crippen molar-refractivity contribution in [3.05, 3.63) is 67.4 Å². The maximum Gasteiger partial charge on any atom is 0.350 e. The quantitative estimate of drug-likeness (QED) is 0.393. The third kappa shape index (κ3) is 3.84. The SMILES string of the molecule is C=C/C=C(\C=C)[NH+]=C(N)Nc1ccccc1. The molecule has 3 heteroatoms. The van der Waals surface area contributed by atoms with Gasteiger partial charge in [0.2, 0.25) is 0 Å². The van der Waals surface area contributed by atoms with Gasteiger partial charge in [0.05, 0.1) is 11.4 Å². The monoisotopic (exact) mass is 214 g/mol. The number of benzene rings is 1. The van der Waals surface area contributed by atoms with Gasteiger partial charge in [-0.15, -0.1) is 0 Å². The molecule has 1 aromatic rings. The Hall–Kier alpha value is -2.29. The predicted molar refractivity (Wildman–Crippen MR) is 68.7 cm³/mol. The van der Waals surface area contributed by atoms with E-state index in [1.54, 1.807) is 18.2 Å². The standard InChI is InChI=1S/C13H15N3/c1-3-8-11(4-2)15-13(14)16-12-9-6-5-7-10-12/h3-10H,1-2H2,(H3,14,15,16)/p+1/b11-8+. The lowest BCUT2D eigenvalue weighted by molar-refractivity contribution is -0.391. The molecule has 0 bridgehead atoms. The molecule has 0 saturated heterocycles. The molecule has 0 fully saturated rings. The highest BCUT2D eigenvalue weighted by atomic mass is 15.1. The molecule has 1 aromatic carbocycles. The molecule has 0 unspecified atom stereocenters. The normalized spacial score (nSPS) is 12.0. The van der Waals surface area contributed by atoms with E-state index in [-0.39, 0.29) is 0 Å². The van der Waals surface area contributed by atoms with E-state index in [1.165, 1.54) is 0 Å². The second-order valence-corrected chi connectivity index (χ2v) is 3.09. The maximum absolute atomic E-state index is 5.78. The minimum atomic E-state index is 0.444. The van der Waals surface area contributed by atoms with Crippen LogP contribution in [0.3, 0.4) is 0 Å². The Morgan fingerprint density at radius 2 is 1.94 bits per heavy atom. The van der Waals surface area contributed by atoms with E-state index in [1.807, 2.05) is 30.3 Å². The summed E-state index contributed by atoms with van der Waals surface area (Å²) in [6.07, 6.45) is 5.12. The van der Waals surface area contributed by atoms with Crippen LogP contribution in [0.5, 0.6) is 0 Å². The summed E-state index contributed by atoms with van der Waals surface area (Å²) in [5.41, 5.74) is 7.50. The van der Waals surface area contributed by atoms with Crippen LogP contribution in [0.1, 0.15) is 0 Å². The molecule has 0 aromatic heterocycles. The highest BCUT2D eigenvalue weighted by Crippen LogP contribution is 2.02. The summed E-state index contributed by atoms with van der Waals surface area (Å²) in [4.78, 5) is 2.97. The third-order valence-corrected chi connectivity index (χ3v) is 1.85. The summed E-state index contributed by atoms with van der Waals surface area (Å²) < 4.78 is 0. The van der Waals surface area contributed by atoms with Crippen LogP contribution >= 0.6 is 0 Å². The number of hydrogen-bond acceptors (Lipinski definition) is 0. The van der Waals surface area contributed by atoms with Crippen LogP contribution < -0.4 is 16.0 Å². The van der Waals surface area contributed by atoms with Crippen molar-refractivity contribution in [3.8, 4) is 0 Å². The molecule has 0 aliphatic carbocycles. The summed E-state index contributed by atoms with van der Waals surface area (Å²) in [5, 5.41) is 3.03. The molecule has 0 amide bonds. The van der Waals surface area contributed by atoms with Crippen molar-refractivity contribution in [3.63, 3.8) is 0 Å². The van der Waals surface area contributed by atoms with Gasteiger partial charge in [-0.3, -0.25) is 5.73 Å². The Labute approximate surface area is 95.7 Å². The van der Waals surface area contributed by atoms with Crippen molar-refractivity contribution in [1.29, 1.82) is 0 Å². The zero-order valence-corrected chi connectivity index (χ0v) is 9.11. The van der Waals surface area contributed by atoms with E-state index >= 15 is 0 Å². The average Bonchev–Trinajstić information content (AvgIpc) is 2.29. The number of hydrogen-bond donors (Lipinski definition) is 3. The van der Waals surface area contributed by atoms with E-state index in [0.29, 0.717) is 5.96 Å². The molecule has 4 N–H and O–H groups in total. The first-order valence-electron chi connectivity index (χ1n) is 4.93. The van der Waals surface area contributed by atoms with Gasteiger partial charge in [0, 0.05) is 0 Å². The molecule has 3 nitrogen and oxygen atoms in total. The molecule has 1 rings (SSSR count). The minimum absolute atomic E-state index is 0.444. The molecule has 0 aliphatic heterocycles. The van der Waals surface area contributed by atoms with Gasteiger partial charge in [0.1, 0.15) is 0 Å². The topological polar surface area (TPSA) is 52.0 Å². The molecular weight excluding hydrogens is 198 g/mol. The van der Waals surface area contributed by atoms with Gasteiger partial charge in [-0.05, 0) is 24.3 Å². The van der Waals surface area contributed by atoms with Crippen LogP contribution in [0.25, 0.3) is 0 Å². The van der Waals surface area contributed by atoms with Gasteiger partial charge in [-0.2, -0.15) is 0 Å². The van der Waals surface area contributed by atoms with Crippen LogP contribution in [-0.4, -0.2) is 5.96 Å². The third-order valence-electron chi connectivity index (χ3n) is 1.85. The number of para-hydroxylation sites is 1. The minimum Gasteiger partial charge on any atom is -0.290 e. The lowest BCUT2D eigenvalue weighted by Gasteiger charge is -1.98. The van der Waals surface area contributed by atoms with E-state index in [9.17, 15) is 0 Å². The first-order valence-corrected chi connectivity index (χ1v) is 4.93. The molecule has 82 valence electrons.